The Hall–Kier alpha value is -1.60. The number of thiocarbonyl (C=S) groups is 1. The summed E-state index contributed by atoms with van der Waals surface area (Å²) in [5, 5.41) is 9.22. The highest BCUT2D eigenvalue weighted by atomic mass is 35.5. The van der Waals surface area contributed by atoms with E-state index in [1.165, 1.54) is 0 Å². The van der Waals surface area contributed by atoms with Crippen LogP contribution in [0.1, 0.15) is 20.8 Å². The van der Waals surface area contributed by atoms with Gasteiger partial charge in [-0.1, -0.05) is 11.6 Å². The fraction of sp³-hybridized carbons (Fsp3) is 0.462. The number of aromatic nitrogens is 1. The first-order chi connectivity index (χ1) is 9.78. The summed E-state index contributed by atoms with van der Waals surface area (Å²) in [6.45, 7) is 6.27. The molecule has 0 bridgehead atoms. The second-order valence-electron chi connectivity index (χ2n) is 5.15. The molecule has 0 unspecified atom stereocenters. The molecule has 0 aliphatic carbocycles. The van der Waals surface area contributed by atoms with Crippen LogP contribution in [0.2, 0.25) is 5.15 Å². The normalized spacial score (nSPS) is 10.7. The van der Waals surface area contributed by atoms with E-state index in [2.05, 4.69) is 20.9 Å². The van der Waals surface area contributed by atoms with Gasteiger partial charge in [-0.25, -0.2) is 9.78 Å². The molecule has 6 nitrogen and oxygen atoms in total. The van der Waals surface area contributed by atoms with E-state index in [-0.39, 0.29) is 0 Å². The van der Waals surface area contributed by atoms with Crippen molar-refractivity contribution in [1.29, 1.82) is 0 Å². The number of rotatable bonds is 4. The maximum atomic E-state index is 11.4. The molecule has 0 aliphatic rings. The average Bonchev–Trinajstić information content (AvgIpc) is 2.35. The Morgan fingerprint density at radius 3 is 2.67 bits per heavy atom. The van der Waals surface area contributed by atoms with E-state index in [4.69, 9.17) is 28.6 Å². The number of carbonyl (C=O) groups excluding carboxylic acids is 1. The van der Waals surface area contributed by atoms with Gasteiger partial charge in [0.05, 0.1) is 5.69 Å². The van der Waals surface area contributed by atoms with Crippen molar-refractivity contribution < 1.29 is 9.53 Å². The fourth-order valence-electron chi connectivity index (χ4n) is 1.30. The molecule has 0 aliphatic heterocycles. The van der Waals surface area contributed by atoms with Gasteiger partial charge in [-0.3, -0.25) is 0 Å². The number of alkyl carbamates (subject to hydrolysis) is 1. The lowest BCUT2D eigenvalue weighted by molar-refractivity contribution is 0.0529. The van der Waals surface area contributed by atoms with Gasteiger partial charge in [-0.2, -0.15) is 0 Å². The summed E-state index contributed by atoms with van der Waals surface area (Å²) < 4.78 is 5.10. The lowest BCUT2D eigenvalue weighted by Crippen LogP contribution is -2.39. The van der Waals surface area contributed by atoms with Crippen LogP contribution in [0.25, 0.3) is 0 Å². The summed E-state index contributed by atoms with van der Waals surface area (Å²) in [5.74, 6) is 0. The van der Waals surface area contributed by atoms with Gasteiger partial charge in [-0.05, 0) is 45.1 Å². The molecule has 0 radical (unpaired) electrons. The van der Waals surface area contributed by atoms with Crippen LogP contribution in [0.5, 0.6) is 0 Å². The standard InChI is InChI=1S/C13H19ClN4O2S/c1-13(2,3)20-12(19)17-8-7-16-11(21)18-9-5-4-6-15-10(9)14/h4-6H,7-8H2,1-3H3,(H,17,19)(H2,16,18,21). The number of hydrogen-bond donors (Lipinski definition) is 3. The van der Waals surface area contributed by atoms with Crippen molar-refractivity contribution in [2.75, 3.05) is 18.4 Å². The highest BCUT2D eigenvalue weighted by Gasteiger charge is 2.15. The van der Waals surface area contributed by atoms with Crippen LogP contribution in [0.4, 0.5) is 10.5 Å². The second-order valence-corrected chi connectivity index (χ2v) is 5.92. The maximum absolute atomic E-state index is 11.4. The van der Waals surface area contributed by atoms with Crippen LogP contribution < -0.4 is 16.0 Å². The molecule has 116 valence electrons. The van der Waals surface area contributed by atoms with Crippen molar-refractivity contribution in [1.82, 2.24) is 15.6 Å². The number of nitrogens with zero attached hydrogens (tertiary/aromatic N) is 1. The minimum Gasteiger partial charge on any atom is -0.444 e. The van der Waals surface area contributed by atoms with Gasteiger partial charge >= 0.3 is 6.09 Å². The number of ether oxygens (including phenoxy) is 1. The van der Waals surface area contributed by atoms with E-state index in [0.29, 0.717) is 29.0 Å². The first-order valence-corrected chi connectivity index (χ1v) is 7.19. The molecule has 0 spiro atoms. The largest absolute Gasteiger partial charge is 0.444 e. The van der Waals surface area contributed by atoms with E-state index in [0.717, 1.165) is 0 Å². The number of pyridine rings is 1. The molecule has 1 amide bonds. The Bertz CT molecular complexity index is 505. The molecular formula is C13H19ClN4O2S. The van der Waals surface area contributed by atoms with E-state index in [1.807, 2.05) is 20.8 Å². The molecule has 0 saturated carbocycles. The van der Waals surface area contributed by atoms with Gasteiger partial charge in [0.2, 0.25) is 0 Å². The summed E-state index contributed by atoms with van der Waals surface area (Å²) >= 11 is 11.0. The molecule has 3 N–H and O–H groups in total. The third-order valence-electron chi connectivity index (χ3n) is 2.09. The molecule has 21 heavy (non-hydrogen) atoms. The topological polar surface area (TPSA) is 75.3 Å². The van der Waals surface area contributed by atoms with Crippen LogP contribution in [-0.2, 0) is 4.74 Å². The quantitative estimate of drug-likeness (QED) is 0.447. The number of hydrogen-bond acceptors (Lipinski definition) is 4. The Kier molecular flexibility index (Phi) is 6.64. The molecule has 0 aromatic carbocycles. The van der Waals surface area contributed by atoms with Gasteiger partial charge < -0.3 is 20.7 Å². The highest BCUT2D eigenvalue weighted by Crippen LogP contribution is 2.16. The zero-order chi connectivity index (χ0) is 15.9. The van der Waals surface area contributed by atoms with Gasteiger partial charge in [0.15, 0.2) is 10.3 Å². The lowest BCUT2D eigenvalue weighted by Gasteiger charge is -2.19. The van der Waals surface area contributed by atoms with Crippen LogP contribution in [0, 0.1) is 0 Å². The second kappa shape index (κ2) is 7.99. The first kappa shape index (κ1) is 17.5. The monoisotopic (exact) mass is 330 g/mol. The van der Waals surface area contributed by atoms with E-state index >= 15 is 0 Å². The van der Waals surface area contributed by atoms with Gasteiger partial charge in [0, 0.05) is 19.3 Å². The molecule has 0 saturated heterocycles. The van der Waals surface area contributed by atoms with Crippen molar-refractivity contribution in [3.8, 4) is 0 Å². The number of anilines is 1. The third-order valence-corrected chi connectivity index (χ3v) is 2.63. The van der Waals surface area contributed by atoms with Gasteiger partial charge in [-0.15, -0.1) is 0 Å². The molecule has 0 atom stereocenters. The Labute approximate surface area is 134 Å². The Balaban J connectivity index is 2.23. The van der Waals surface area contributed by atoms with Crippen LogP contribution in [-0.4, -0.2) is 34.9 Å². The van der Waals surface area contributed by atoms with Crippen molar-refractivity contribution in [2.24, 2.45) is 0 Å². The van der Waals surface area contributed by atoms with Crippen LogP contribution >= 0.6 is 23.8 Å². The predicted octanol–water partition coefficient (Wildman–Crippen LogP) is 2.55. The number of carbonyl (C=O) groups is 1. The van der Waals surface area contributed by atoms with E-state index < -0.39 is 11.7 Å². The summed E-state index contributed by atoms with van der Waals surface area (Å²) in [7, 11) is 0. The molecule has 8 heteroatoms. The van der Waals surface area contributed by atoms with E-state index in [9.17, 15) is 4.79 Å². The SMILES string of the molecule is CC(C)(C)OC(=O)NCCNC(=S)Nc1cccnc1Cl. The molecule has 1 rings (SSSR count). The Morgan fingerprint density at radius 2 is 2.05 bits per heavy atom. The average molecular weight is 331 g/mol. The molecule has 0 fully saturated rings. The first-order valence-electron chi connectivity index (χ1n) is 6.40. The summed E-state index contributed by atoms with van der Waals surface area (Å²) in [4.78, 5) is 15.3. The maximum Gasteiger partial charge on any atom is 0.407 e. The minimum atomic E-state index is -0.509. The fourth-order valence-corrected chi connectivity index (χ4v) is 1.68. The Morgan fingerprint density at radius 1 is 1.38 bits per heavy atom. The van der Waals surface area contributed by atoms with Gasteiger partial charge in [0.1, 0.15) is 5.60 Å². The number of amides is 1. The van der Waals surface area contributed by atoms with Crippen molar-refractivity contribution in [3.05, 3.63) is 23.5 Å². The lowest BCUT2D eigenvalue weighted by atomic mass is 10.2. The van der Waals surface area contributed by atoms with E-state index in [1.54, 1.807) is 18.3 Å². The molecule has 1 aromatic rings. The molecule has 1 heterocycles. The number of nitrogens with one attached hydrogen (secondary N) is 3. The van der Waals surface area contributed by atoms with Crippen LogP contribution in [0.3, 0.4) is 0 Å². The third kappa shape index (κ3) is 7.67. The summed E-state index contributed by atoms with van der Waals surface area (Å²) in [6, 6.07) is 3.52. The summed E-state index contributed by atoms with van der Waals surface area (Å²) in [5.41, 5.74) is 0.114. The van der Waals surface area contributed by atoms with Gasteiger partial charge in [0.25, 0.3) is 0 Å². The highest BCUT2D eigenvalue weighted by molar-refractivity contribution is 7.80. The minimum absolute atomic E-state index is 0.341. The predicted molar refractivity (Wildman–Crippen MR) is 87.7 cm³/mol. The van der Waals surface area contributed by atoms with Crippen molar-refractivity contribution >= 4 is 40.7 Å². The number of halogens is 1. The zero-order valence-electron chi connectivity index (χ0n) is 12.2. The zero-order valence-corrected chi connectivity index (χ0v) is 13.8. The van der Waals surface area contributed by atoms with Crippen molar-refractivity contribution in [2.45, 2.75) is 26.4 Å². The van der Waals surface area contributed by atoms with Crippen molar-refractivity contribution in [3.63, 3.8) is 0 Å². The summed E-state index contributed by atoms with van der Waals surface area (Å²) in [6.07, 6.45) is 1.13. The smallest absolute Gasteiger partial charge is 0.407 e. The molecule has 1 aromatic heterocycles. The molecular weight excluding hydrogens is 312 g/mol. The van der Waals surface area contributed by atoms with Crippen LogP contribution in [0.15, 0.2) is 18.3 Å².